The summed E-state index contributed by atoms with van der Waals surface area (Å²) in [5, 5.41) is 31.4. The molecule has 4 aromatic carbocycles. The summed E-state index contributed by atoms with van der Waals surface area (Å²) in [5.74, 6) is 1.64. The van der Waals surface area contributed by atoms with Crippen molar-refractivity contribution in [1.82, 2.24) is 0 Å². The van der Waals surface area contributed by atoms with E-state index >= 15 is 0 Å². The molecule has 0 aliphatic heterocycles. The van der Waals surface area contributed by atoms with Crippen molar-refractivity contribution in [2.45, 2.75) is 34.6 Å². The van der Waals surface area contributed by atoms with Gasteiger partial charge in [-0.3, -0.25) is 0 Å². The Balaban J connectivity index is 2.02. The molecule has 0 heterocycles. The molecule has 0 atom stereocenters. The lowest BCUT2D eigenvalue weighted by Crippen LogP contribution is -2.16. The van der Waals surface area contributed by atoms with Crippen molar-refractivity contribution in [1.29, 1.82) is 0 Å². The number of para-hydroxylation sites is 2. The number of benzene rings is 4. The Morgan fingerprint density at radius 3 is 1.62 bits per heavy atom. The number of aryl methyl sites for hydroxylation is 2. The lowest BCUT2D eigenvalue weighted by atomic mass is 10.0. The number of rotatable bonds is 5. The van der Waals surface area contributed by atoms with Gasteiger partial charge in [0, 0.05) is 16.7 Å². The molecule has 0 spiro atoms. The van der Waals surface area contributed by atoms with Gasteiger partial charge in [-0.15, -0.1) is 0 Å². The zero-order chi connectivity index (χ0) is 24.6. The van der Waals surface area contributed by atoms with E-state index in [1.807, 2.05) is 75.1 Å². The zero-order valence-corrected chi connectivity index (χ0v) is 20.0. The number of hydrogen-bond donors (Lipinski definition) is 3. The van der Waals surface area contributed by atoms with Crippen LogP contribution in [0.3, 0.4) is 0 Å². The van der Waals surface area contributed by atoms with Crippen molar-refractivity contribution >= 4 is 17.1 Å². The molecule has 0 amide bonds. The smallest absolute Gasteiger partial charge is 0.151 e. The molecule has 0 bridgehead atoms. The number of ether oxygens (including phenoxy) is 1. The largest absolute Gasteiger partial charge is 0.508 e. The number of hydrogen-bond acceptors (Lipinski definition) is 5. The fraction of sp³-hybridized carbons (Fsp3) is 0.172. The van der Waals surface area contributed by atoms with Crippen LogP contribution in [0.15, 0.2) is 66.7 Å². The Morgan fingerprint density at radius 1 is 0.529 bits per heavy atom. The predicted molar refractivity (Wildman–Crippen MR) is 136 cm³/mol. The Labute approximate surface area is 200 Å². The van der Waals surface area contributed by atoms with Crippen LogP contribution in [0.25, 0.3) is 0 Å². The highest BCUT2D eigenvalue weighted by molar-refractivity contribution is 5.87. The predicted octanol–water partition coefficient (Wildman–Crippen LogP) is 7.61. The minimum atomic E-state index is 0.158. The number of nitrogens with zero attached hydrogens (tertiary/aromatic N) is 1. The summed E-state index contributed by atoms with van der Waals surface area (Å²) < 4.78 is 6.34. The minimum Gasteiger partial charge on any atom is -0.508 e. The molecule has 0 unspecified atom stereocenters. The SMILES string of the molecule is Cc1ccc(O)c(C)c1N(c1ccccc1Oc1cccc(O)c1C)c1c(C)ccc(O)c1C. The van der Waals surface area contributed by atoms with E-state index in [-0.39, 0.29) is 17.2 Å². The first kappa shape index (κ1) is 23.1. The fourth-order valence-corrected chi connectivity index (χ4v) is 4.25. The first-order valence-electron chi connectivity index (χ1n) is 11.1. The van der Waals surface area contributed by atoms with Crippen LogP contribution in [0, 0.1) is 34.6 Å². The molecule has 3 N–H and O–H groups in total. The maximum atomic E-state index is 10.6. The molecule has 4 aromatic rings. The lowest BCUT2D eigenvalue weighted by molar-refractivity contribution is 0.448. The third-order valence-electron chi connectivity index (χ3n) is 6.24. The number of phenols is 3. The van der Waals surface area contributed by atoms with E-state index in [4.69, 9.17) is 4.74 Å². The molecule has 0 aromatic heterocycles. The first-order valence-corrected chi connectivity index (χ1v) is 11.1. The van der Waals surface area contributed by atoms with Crippen LogP contribution in [-0.2, 0) is 0 Å². The zero-order valence-electron chi connectivity index (χ0n) is 20.0. The van der Waals surface area contributed by atoms with E-state index in [9.17, 15) is 15.3 Å². The van der Waals surface area contributed by atoms with Gasteiger partial charge in [-0.05, 0) is 82.1 Å². The Bertz CT molecular complexity index is 1320. The van der Waals surface area contributed by atoms with Gasteiger partial charge < -0.3 is 25.0 Å². The van der Waals surface area contributed by atoms with Crippen LogP contribution >= 0.6 is 0 Å². The maximum absolute atomic E-state index is 10.6. The van der Waals surface area contributed by atoms with Crippen molar-refractivity contribution in [2.75, 3.05) is 4.90 Å². The van der Waals surface area contributed by atoms with E-state index in [0.717, 1.165) is 28.2 Å². The summed E-state index contributed by atoms with van der Waals surface area (Å²) in [4.78, 5) is 2.03. The van der Waals surface area contributed by atoms with Crippen LogP contribution < -0.4 is 9.64 Å². The topological polar surface area (TPSA) is 73.2 Å². The number of anilines is 3. The van der Waals surface area contributed by atoms with E-state index < -0.39 is 0 Å². The molecular weight excluding hydrogens is 426 g/mol. The van der Waals surface area contributed by atoms with Crippen LogP contribution in [0.4, 0.5) is 17.1 Å². The van der Waals surface area contributed by atoms with Gasteiger partial charge in [0.05, 0.1) is 17.1 Å². The standard InChI is InChI=1S/C29H29NO4/c1-17-13-15-24(32)20(4)28(17)30(29-18(2)14-16-25(33)21(29)5)22-9-6-7-11-27(22)34-26-12-8-10-23(31)19(26)3/h6-16,31-33H,1-5H3. The third kappa shape index (κ3) is 4.01. The van der Waals surface area contributed by atoms with Gasteiger partial charge in [0.25, 0.3) is 0 Å². The summed E-state index contributed by atoms with van der Waals surface area (Å²) in [7, 11) is 0. The van der Waals surface area contributed by atoms with Crippen molar-refractivity contribution < 1.29 is 20.1 Å². The van der Waals surface area contributed by atoms with Gasteiger partial charge in [0.1, 0.15) is 23.0 Å². The quantitative estimate of drug-likeness (QED) is 0.289. The summed E-state index contributed by atoms with van der Waals surface area (Å²) in [6.45, 7) is 9.54. The molecule has 34 heavy (non-hydrogen) atoms. The fourth-order valence-electron chi connectivity index (χ4n) is 4.25. The average Bonchev–Trinajstić information content (AvgIpc) is 2.81. The van der Waals surface area contributed by atoms with Crippen molar-refractivity contribution in [3.63, 3.8) is 0 Å². The molecule has 0 saturated carbocycles. The van der Waals surface area contributed by atoms with Crippen molar-refractivity contribution in [3.8, 4) is 28.7 Å². The average molecular weight is 456 g/mol. The monoisotopic (exact) mass is 455 g/mol. The second kappa shape index (κ2) is 9.02. The normalized spacial score (nSPS) is 10.9. The van der Waals surface area contributed by atoms with Gasteiger partial charge in [0.2, 0.25) is 0 Å². The molecule has 174 valence electrons. The molecule has 0 aliphatic rings. The molecule has 0 saturated heterocycles. The summed E-state index contributed by atoms with van der Waals surface area (Å²) in [5.41, 5.74) is 6.33. The second-order valence-corrected chi connectivity index (χ2v) is 8.56. The number of phenolic OH excluding ortho intramolecular Hbond substituents is 3. The Kier molecular flexibility index (Phi) is 6.12. The van der Waals surface area contributed by atoms with Crippen molar-refractivity contribution in [3.05, 3.63) is 94.5 Å². The van der Waals surface area contributed by atoms with Gasteiger partial charge in [-0.25, -0.2) is 0 Å². The van der Waals surface area contributed by atoms with E-state index in [1.165, 1.54) is 0 Å². The first-order chi connectivity index (χ1) is 16.2. The minimum absolute atomic E-state index is 0.158. The van der Waals surface area contributed by atoms with Gasteiger partial charge in [-0.1, -0.05) is 30.3 Å². The number of aromatic hydroxyl groups is 3. The molecule has 0 radical (unpaired) electrons. The van der Waals surface area contributed by atoms with Crippen LogP contribution in [0.1, 0.15) is 27.8 Å². The maximum Gasteiger partial charge on any atom is 0.151 e. The van der Waals surface area contributed by atoms with Gasteiger partial charge in [-0.2, -0.15) is 0 Å². The summed E-state index contributed by atoms with van der Waals surface area (Å²) in [6.07, 6.45) is 0. The van der Waals surface area contributed by atoms with Crippen LogP contribution in [-0.4, -0.2) is 15.3 Å². The molecular formula is C29H29NO4. The van der Waals surface area contributed by atoms with Crippen molar-refractivity contribution in [2.24, 2.45) is 0 Å². The molecule has 5 heteroatoms. The lowest BCUT2D eigenvalue weighted by Gasteiger charge is -2.32. The molecule has 5 nitrogen and oxygen atoms in total. The second-order valence-electron chi connectivity index (χ2n) is 8.56. The third-order valence-corrected chi connectivity index (χ3v) is 6.24. The highest BCUT2D eigenvalue weighted by Gasteiger charge is 2.25. The van der Waals surface area contributed by atoms with E-state index in [2.05, 4.69) is 0 Å². The molecule has 0 aliphatic carbocycles. The van der Waals surface area contributed by atoms with Crippen LogP contribution in [0.2, 0.25) is 0 Å². The Morgan fingerprint density at radius 2 is 1.03 bits per heavy atom. The summed E-state index contributed by atoms with van der Waals surface area (Å²) >= 11 is 0. The van der Waals surface area contributed by atoms with Gasteiger partial charge in [0.15, 0.2) is 5.75 Å². The van der Waals surface area contributed by atoms with E-state index in [0.29, 0.717) is 28.2 Å². The van der Waals surface area contributed by atoms with Crippen LogP contribution in [0.5, 0.6) is 28.7 Å². The van der Waals surface area contributed by atoms with Gasteiger partial charge >= 0.3 is 0 Å². The molecule has 4 rings (SSSR count). The highest BCUT2D eigenvalue weighted by atomic mass is 16.5. The Hall–Kier alpha value is -4.12. The van der Waals surface area contributed by atoms with E-state index in [1.54, 1.807) is 31.2 Å². The highest BCUT2D eigenvalue weighted by Crippen LogP contribution is 2.49. The summed E-state index contributed by atoms with van der Waals surface area (Å²) in [6, 6.07) is 19.9. The molecule has 0 fully saturated rings.